The molecule has 0 amide bonds. The highest BCUT2D eigenvalue weighted by atomic mass is 16.8. The molecule has 5 rings (SSSR count). The summed E-state index contributed by atoms with van der Waals surface area (Å²) in [5.74, 6) is -2.16. The van der Waals surface area contributed by atoms with E-state index < -0.39 is 29.4 Å². The maximum Gasteiger partial charge on any atom is 0.328 e. The highest BCUT2D eigenvalue weighted by Gasteiger charge is 2.66. The summed E-state index contributed by atoms with van der Waals surface area (Å²) < 4.78 is 4.82. The topological polar surface area (TPSA) is 104 Å². The first-order valence-electron chi connectivity index (χ1n) is 11.5. The molecule has 4 saturated carbocycles. The SMILES string of the molecule is C[C@]12CC[C@H]3[C@H](CCC4CCCC(O)[C@]43C=O)[C@H]1CC[C@@H]2[C@H]1CC(=O)OC1(O)O. The van der Waals surface area contributed by atoms with Gasteiger partial charge in [-0.3, -0.25) is 4.79 Å². The lowest BCUT2D eigenvalue weighted by molar-refractivity contribution is -0.334. The molecule has 0 bridgehead atoms. The normalized spacial score (nSPS) is 53.5. The van der Waals surface area contributed by atoms with Gasteiger partial charge in [-0.1, -0.05) is 13.3 Å². The fraction of sp³-hybridized carbons (Fsp3) is 0.913. The van der Waals surface area contributed by atoms with Gasteiger partial charge >= 0.3 is 11.9 Å². The van der Waals surface area contributed by atoms with Crippen molar-refractivity contribution in [1.82, 2.24) is 0 Å². The Balaban J connectivity index is 1.46. The number of aliphatic hydroxyl groups is 3. The molecule has 0 aromatic heterocycles. The summed E-state index contributed by atoms with van der Waals surface area (Å²) in [7, 11) is 0. The lowest BCUT2D eigenvalue weighted by atomic mass is 9.43. The molecule has 9 atom stereocenters. The van der Waals surface area contributed by atoms with Crippen molar-refractivity contribution in [3.05, 3.63) is 0 Å². The quantitative estimate of drug-likeness (QED) is 0.370. The number of carbonyl (C=O) groups excluding carboxylic acids is 2. The van der Waals surface area contributed by atoms with Crippen LogP contribution in [-0.2, 0) is 14.3 Å². The molecule has 1 heterocycles. The zero-order chi connectivity index (χ0) is 20.6. The highest BCUT2D eigenvalue weighted by Crippen LogP contribution is 2.68. The number of rotatable bonds is 2. The minimum Gasteiger partial charge on any atom is -0.408 e. The molecule has 29 heavy (non-hydrogen) atoms. The van der Waals surface area contributed by atoms with Crippen LogP contribution in [0.3, 0.4) is 0 Å². The number of hydrogen-bond donors (Lipinski definition) is 3. The van der Waals surface area contributed by atoms with Crippen LogP contribution >= 0.6 is 0 Å². The molecule has 0 radical (unpaired) electrons. The molecule has 1 saturated heterocycles. The van der Waals surface area contributed by atoms with Gasteiger partial charge in [-0.15, -0.1) is 0 Å². The number of esters is 1. The number of aliphatic hydroxyl groups excluding tert-OH is 1. The van der Waals surface area contributed by atoms with E-state index in [1.165, 1.54) is 0 Å². The number of fused-ring (bicyclic) bond motifs is 5. The summed E-state index contributed by atoms with van der Waals surface area (Å²) in [4.78, 5) is 24.3. The predicted octanol–water partition coefficient (Wildman–Crippen LogP) is 2.39. The monoisotopic (exact) mass is 406 g/mol. The lowest BCUT2D eigenvalue weighted by Gasteiger charge is -2.61. The van der Waals surface area contributed by atoms with Crippen molar-refractivity contribution in [3.63, 3.8) is 0 Å². The number of ether oxygens (including phenoxy) is 1. The van der Waals surface area contributed by atoms with Gasteiger partial charge < -0.3 is 24.9 Å². The molecule has 1 aliphatic heterocycles. The van der Waals surface area contributed by atoms with Crippen molar-refractivity contribution in [1.29, 1.82) is 0 Å². The molecular formula is C23H34O6. The number of hydrogen-bond acceptors (Lipinski definition) is 6. The standard InChI is InChI=1S/C23H34O6/c1-21-10-9-16-14(6-5-13-3-2-4-19(25)22(13,16)12-24)15(21)7-8-17(21)18-11-20(26)29-23(18,27)28/h12-19,25,27-28H,2-11H2,1H3/t13?,14-,15-,16+,17-,18-,19?,21+,22-/m1/s1. The van der Waals surface area contributed by atoms with E-state index in [0.29, 0.717) is 17.8 Å². The van der Waals surface area contributed by atoms with Crippen molar-refractivity contribution < 1.29 is 29.6 Å². The zero-order valence-corrected chi connectivity index (χ0v) is 17.3. The van der Waals surface area contributed by atoms with E-state index in [2.05, 4.69) is 6.92 Å². The highest BCUT2D eigenvalue weighted by molar-refractivity contribution is 5.72. The lowest BCUT2D eigenvalue weighted by Crippen LogP contribution is -2.60. The Bertz CT molecular complexity index is 705. The molecule has 6 heteroatoms. The van der Waals surface area contributed by atoms with E-state index in [4.69, 9.17) is 4.74 Å². The number of carbonyl (C=O) groups is 2. The van der Waals surface area contributed by atoms with Gasteiger partial charge in [-0.05, 0) is 86.4 Å². The van der Waals surface area contributed by atoms with E-state index in [9.17, 15) is 24.9 Å². The molecule has 6 nitrogen and oxygen atoms in total. The summed E-state index contributed by atoms with van der Waals surface area (Å²) >= 11 is 0. The van der Waals surface area contributed by atoms with Crippen LogP contribution in [0.5, 0.6) is 0 Å². The average Bonchev–Trinajstić information content (AvgIpc) is 3.15. The van der Waals surface area contributed by atoms with Gasteiger partial charge in [0, 0.05) is 0 Å². The summed E-state index contributed by atoms with van der Waals surface area (Å²) in [6.45, 7) is 2.25. The van der Waals surface area contributed by atoms with Crippen LogP contribution in [0, 0.1) is 46.3 Å². The molecule has 162 valence electrons. The minimum atomic E-state index is -2.36. The van der Waals surface area contributed by atoms with Gasteiger partial charge in [0.25, 0.3) is 0 Å². The van der Waals surface area contributed by atoms with Crippen LogP contribution in [0.25, 0.3) is 0 Å². The Labute approximate surface area is 172 Å². The molecule has 0 spiro atoms. The predicted molar refractivity (Wildman–Crippen MR) is 103 cm³/mol. The van der Waals surface area contributed by atoms with Crippen LogP contribution in [-0.4, -0.2) is 39.7 Å². The molecule has 5 aliphatic rings. The second-order valence-electron chi connectivity index (χ2n) is 10.9. The summed E-state index contributed by atoms with van der Waals surface area (Å²) in [5, 5.41) is 31.6. The molecule has 0 aromatic rings. The third kappa shape index (κ3) is 2.58. The van der Waals surface area contributed by atoms with Crippen molar-refractivity contribution >= 4 is 12.3 Å². The second kappa shape index (κ2) is 6.51. The maximum atomic E-state index is 12.5. The fourth-order valence-electron chi connectivity index (χ4n) is 8.94. The first-order chi connectivity index (χ1) is 13.7. The third-order valence-electron chi connectivity index (χ3n) is 10.1. The molecule has 5 fully saturated rings. The van der Waals surface area contributed by atoms with Crippen LogP contribution in [0.2, 0.25) is 0 Å². The van der Waals surface area contributed by atoms with Crippen molar-refractivity contribution in [2.45, 2.75) is 83.2 Å². The minimum absolute atomic E-state index is 0.0242. The summed E-state index contributed by atoms with van der Waals surface area (Å²) in [5.41, 5.74) is -0.683. The van der Waals surface area contributed by atoms with E-state index in [1.807, 2.05) is 0 Å². The maximum absolute atomic E-state index is 12.5. The summed E-state index contributed by atoms with van der Waals surface area (Å²) in [6, 6.07) is 0. The first-order valence-corrected chi connectivity index (χ1v) is 11.5. The van der Waals surface area contributed by atoms with Gasteiger partial charge in [-0.25, -0.2) is 0 Å². The first kappa shape index (κ1) is 20.0. The van der Waals surface area contributed by atoms with Crippen molar-refractivity contribution in [2.24, 2.45) is 46.3 Å². The number of cyclic esters (lactones) is 1. The van der Waals surface area contributed by atoms with E-state index >= 15 is 0 Å². The third-order valence-corrected chi connectivity index (χ3v) is 10.1. The summed E-state index contributed by atoms with van der Waals surface area (Å²) in [6.07, 6.45) is 9.15. The van der Waals surface area contributed by atoms with E-state index in [-0.39, 0.29) is 23.7 Å². The fourth-order valence-corrected chi connectivity index (χ4v) is 8.94. The Hall–Kier alpha value is -0.980. The van der Waals surface area contributed by atoms with Crippen LogP contribution in [0.4, 0.5) is 0 Å². The Morgan fingerprint density at radius 1 is 0.966 bits per heavy atom. The Morgan fingerprint density at radius 3 is 2.41 bits per heavy atom. The van der Waals surface area contributed by atoms with Gasteiger partial charge in [0.15, 0.2) is 0 Å². The molecule has 4 aliphatic carbocycles. The molecule has 0 aromatic carbocycles. The second-order valence-corrected chi connectivity index (χ2v) is 10.9. The Kier molecular flexibility index (Phi) is 4.48. The molecule has 2 unspecified atom stereocenters. The van der Waals surface area contributed by atoms with Gasteiger partial charge in [-0.2, -0.15) is 0 Å². The van der Waals surface area contributed by atoms with Crippen LogP contribution in [0.15, 0.2) is 0 Å². The largest absolute Gasteiger partial charge is 0.408 e. The zero-order valence-electron chi connectivity index (χ0n) is 17.3. The van der Waals surface area contributed by atoms with Crippen molar-refractivity contribution in [2.75, 3.05) is 0 Å². The smallest absolute Gasteiger partial charge is 0.328 e. The average molecular weight is 407 g/mol. The Morgan fingerprint density at radius 2 is 1.72 bits per heavy atom. The molecule has 3 N–H and O–H groups in total. The van der Waals surface area contributed by atoms with E-state index in [0.717, 1.165) is 64.1 Å². The van der Waals surface area contributed by atoms with Crippen LogP contribution in [0.1, 0.15) is 71.1 Å². The number of aldehydes is 1. The van der Waals surface area contributed by atoms with Gasteiger partial charge in [0.05, 0.1) is 23.9 Å². The van der Waals surface area contributed by atoms with Gasteiger partial charge in [0.2, 0.25) is 0 Å². The van der Waals surface area contributed by atoms with E-state index in [1.54, 1.807) is 0 Å². The van der Waals surface area contributed by atoms with Crippen LogP contribution < -0.4 is 0 Å². The van der Waals surface area contributed by atoms with Gasteiger partial charge in [0.1, 0.15) is 6.29 Å². The van der Waals surface area contributed by atoms with Crippen molar-refractivity contribution in [3.8, 4) is 0 Å². The molecular weight excluding hydrogens is 372 g/mol.